The summed E-state index contributed by atoms with van der Waals surface area (Å²) < 4.78 is 3.14. The van der Waals surface area contributed by atoms with E-state index in [1.807, 2.05) is 35.9 Å². The molecule has 0 amide bonds. The van der Waals surface area contributed by atoms with E-state index in [0.29, 0.717) is 12.4 Å². The van der Waals surface area contributed by atoms with Gasteiger partial charge in [-0.1, -0.05) is 30.3 Å². The van der Waals surface area contributed by atoms with Crippen LogP contribution in [0.15, 0.2) is 60.2 Å². The number of thiophene rings is 1. The lowest BCUT2D eigenvalue weighted by atomic mass is 10.1. The van der Waals surface area contributed by atoms with Crippen LogP contribution >= 0.6 is 11.3 Å². The molecule has 0 radical (unpaired) electrons. The van der Waals surface area contributed by atoms with Crippen LogP contribution in [0.25, 0.3) is 32.6 Å². The predicted octanol–water partition coefficient (Wildman–Crippen LogP) is 4.61. The van der Waals surface area contributed by atoms with Crippen molar-refractivity contribution in [2.24, 2.45) is 7.05 Å². The number of nitrogens with one attached hydrogen (secondary N) is 1. The van der Waals surface area contributed by atoms with E-state index in [1.165, 1.54) is 4.70 Å². The number of anilines is 1. The zero-order valence-electron chi connectivity index (χ0n) is 15.8. The number of phenols is 1. The molecule has 6 nitrogen and oxygen atoms in total. The number of aryl methyl sites for hydroxylation is 1. The van der Waals surface area contributed by atoms with E-state index in [4.69, 9.17) is 9.97 Å². The maximum absolute atomic E-state index is 9.43. The van der Waals surface area contributed by atoms with Crippen molar-refractivity contribution in [3.63, 3.8) is 0 Å². The Morgan fingerprint density at radius 3 is 2.76 bits per heavy atom. The van der Waals surface area contributed by atoms with Crippen molar-refractivity contribution < 1.29 is 5.11 Å². The first kappa shape index (κ1) is 17.6. The van der Waals surface area contributed by atoms with Crippen molar-refractivity contribution in [1.29, 1.82) is 0 Å². The summed E-state index contributed by atoms with van der Waals surface area (Å²) in [6.45, 7) is 0.706. The van der Waals surface area contributed by atoms with Crippen LogP contribution in [0.5, 0.6) is 5.75 Å². The second-order valence-corrected chi connectivity index (χ2v) is 7.82. The number of nitrogens with zero attached hydrogens (tertiary/aromatic N) is 4. The summed E-state index contributed by atoms with van der Waals surface area (Å²) in [5.74, 6) is 1.71. The number of aromatic nitrogens is 4. The van der Waals surface area contributed by atoms with Crippen molar-refractivity contribution in [2.45, 2.75) is 6.42 Å². The van der Waals surface area contributed by atoms with E-state index < -0.39 is 0 Å². The monoisotopic (exact) mass is 401 g/mol. The summed E-state index contributed by atoms with van der Waals surface area (Å²) >= 11 is 1.70. The second-order valence-electron chi connectivity index (χ2n) is 6.91. The first-order chi connectivity index (χ1) is 14.2. The fourth-order valence-electron chi connectivity index (χ4n) is 3.39. The van der Waals surface area contributed by atoms with Gasteiger partial charge in [-0.2, -0.15) is 0 Å². The Labute approximate surface area is 171 Å². The summed E-state index contributed by atoms with van der Waals surface area (Å²) in [6.07, 6.45) is 2.58. The fourth-order valence-corrected chi connectivity index (χ4v) is 4.33. The van der Waals surface area contributed by atoms with Gasteiger partial charge in [0.2, 0.25) is 0 Å². The molecule has 0 saturated heterocycles. The molecule has 29 heavy (non-hydrogen) atoms. The molecule has 3 aromatic heterocycles. The molecule has 144 valence electrons. The average molecular weight is 401 g/mol. The summed E-state index contributed by atoms with van der Waals surface area (Å²) in [5, 5.41) is 16.1. The van der Waals surface area contributed by atoms with Gasteiger partial charge in [-0.3, -0.25) is 0 Å². The number of rotatable bonds is 5. The van der Waals surface area contributed by atoms with Gasteiger partial charge < -0.3 is 15.0 Å². The lowest BCUT2D eigenvalue weighted by Crippen LogP contribution is -2.08. The average Bonchev–Trinajstić information content (AvgIpc) is 3.33. The smallest absolute Gasteiger partial charge is 0.165 e. The van der Waals surface area contributed by atoms with Crippen LogP contribution in [0.4, 0.5) is 5.82 Å². The van der Waals surface area contributed by atoms with Crippen LogP contribution < -0.4 is 5.32 Å². The van der Waals surface area contributed by atoms with Gasteiger partial charge in [0.25, 0.3) is 0 Å². The minimum absolute atomic E-state index is 0.278. The molecule has 3 heterocycles. The number of aromatic hydroxyl groups is 1. The molecule has 0 spiro atoms. The number of imidazole rings is 1. The molecule has 0 aliphatic heterocycles. The quantitative estimate of drug-likeness (QED) is 0.450. The van der Waals surface area contributed by atoms with Crippen LogP contribution in [0.3, 0.4) is 0 Å². The SMILES string of the molecule is Cn1cnc2c(NCCc3ccc(O)cc3)nc(-c3csc4ccccc34)nc21. The normalized spacial score (nSPS) is 11.3. The lowest BCUT2D eigenvalue weighted by Gasteiger charge is -2.09. The second kappa shape index (κ2) is 7.18. The van der Waals surface area contributed by atoms with Crippen molar-refractivity contribution >= 4 is 38.4 Å². The zero-order valence-corrected chi connectivity index (χ0v) is 16.6. The molecule has 0 unspecified atom stereocenters. The molecule has 0 bridgehead atoms. The maximum Gasteiger partial charge on any atom is 0.165 e. The molecule has 2 N–H and O–H groups in total. The predicted molar refractivity (Wildman–Crippen MR) is 117 cm³/mol. The Morgan fingerprint density at radius 1 is 1.07 bits per heavy atom. The van der Waals surface area contributed by atoms with Crippen LogP contribution in [-0.4, -0.2) is 31.2 Å². The largest absolute Gasteiger partial charge is 0.508 e. The molecular formula is C22H19N5OS. The topological polar surface area (TPSA) is 75.9 Å². The highest BCUT2D eigenvalue weighted by Crippen LogP contribution is 2.33. The molecule has 0 aliphatic rings. The van der Waals surface area contributed by atoms with E-state index in [0.717, 1.165) is 39.9 Å². The highest BCUT2D eigenvalue weighted by atomic mass is 32.1. The first-order valence-corrected chi connectivity index (χ1v) is 10.2. The van der Waals surface area contributed by atoms with Crippen LogP contribution in [0, 0.1) is 0 Å². The van der Waals surface area contributed by atoms with Gasteiger partial charge in [-0.15, -0.1) is 11.3 Å². The minimum Gasteiger partial charge on any atom is -0.508 e. The van der Waals surface area contributed by atoms with Crippen LogP contribution in [0.2, 0.25) is 0 Å². The highest BCUT2D eigenvalue weighted by Gasteiger charge is 2.15. The molecule has 0 atom stereocenters. The van der Waals surface area contributed by atoms with E-state index in [1.54, 1.807) is 29.8 Å². The van der Waals surface area contributed by atoms with Gasteiger partial charge in [0.1, 0.15) is 11.3 Å². The Kier molecular flexibility index (Phi) is 4.37. The number of hydrogen-bond donors (Lipinski definition) is 2. The summed E-state index contributed by atoms with van der Waals surface area (Å²) in [5.41, 5.74) is 3.75. The van der Waals surface area contributed by atoms with E-state index >= 15 is 0 Å². The third-order valence-electron chi connectivity index (χ3n) is 4.92. The lowest BCUT2D eigenvalue weighted by molar-refractivity contribution is 0.475. The van der Waals surface area contributed by atoms with Crippen molar-refractivity contribution in [2.75, 3.05) is 11.9 Å². The van der Waals surface area contributed by atoms with E-state index in [2.05, 4.69) is 27.8 Å². The summed E-state index contributed by atoms with van der Waals surface area (Å²) in [4.78, 5) is 14.1. The van der Waals surface area contributed by atoms with Gasteiger partial charge in [0, 0.05) is 34.6 Å². The zero-order chi connectivity index (χ0) is 19.8. The number of phenolic OH excluding ortho intramolecular Hbond substituents is 1. The molecule has 2 aromatic carbocycles. The Bertz CT molecular complexity index is 1310. The Hall–Kier alpha value is -3.45. The third-order valence-corrected chi connectivity index (χ3v) is 5.89. The van der Waals surface area contributed by atoms with Gasteiger partial charge >= 0.3 is 0 Å². The Balaban J connectivity index is 1.50. The highest BCUT2D eigenvalue weighted by molar-refractivity contribution is 7.17. The molecule has 5 rings (SSSR count). The van der Waals surface area contributed by atoms with Crippen molar-refractivity contribution in [3.05, 3.63) is 65.8 Å². The Morgan fingerprint density at radius 2 is 1.90 bits per heavy atom. The minimum atomic E-state index is 0.278. The first-order valence-electron chi connectivity index (χ1n) is 9.36. The van der Waals surface area contributed by atoms with E-state index in [-0.39, 0.29) is 5.75 Å². The molecule has 0 aliphatic carbocycles. The third kappa shape index (κ3) is 3.30. The van der Waals surface area contributed by atoms with Crippen molar-refractivity contribution in [3.8, 4) is 17.1 Å². The molecular weight excluding hydrogens is 382 g/mol. The maximum atomic E-state index is 9.43. The van der Waals surface area contributed by atoms with E-state index in [9.17, 15) is 5.11 Å². The molecule has 7 heteroatoms. The molecule has 5 aromatic rings. The number of hydrogen-bond acceptors (Lipinski definition) is 6. The standard InChI is InChI=1S/C22H19N5OS/c1-27-13-24-19-21(23-11-10-14-6-8-15(28)9-7-14)25-20(26-22(19)27)17-12-29-18-5-3-2-4-16(17)18/h2-9,12-13,28H,10-11H2,1H3,(H,23,25,26). The molecule has 0 fully saturated rings. The summed E-state index contributed by atoms with van der Waals surface area (Å²) in [6, 6.07) is 15.6. The van der Waals surface area contributed by atoms with Crippen LogP contribution in [-0.2, 0) is 13.5 Å². The van der Waals surface area contributed by atoms with Crippen LogP contribution in [0.1, 0.15) is 5.56 Å². The van der Waals surface area contributed by atoms with Gasteiger partial charge in [-0.25, -0.2) is 15.0 Å². The van der Waals surface area contributed by atoms with Gasteiger partial charge in [-0.05, 0) is 30.2 Å². The summed E-state index contributed by atoms with van der Waals surface area (Å²) in [7, 11) is 1.94. The number of fused-ring (bicyclic) bond motifs is 2. The van der Waals surface area contributed by atoms with Crippen molar-refractivity contribution in [1.82, 2.24) is 19.5 Å². The van der Waals surface area contributed by atoms with Gasteiger partial charge in [0.15, 0.2) is 17.3 Å². The number of benzene rings is 2. The van der Waals surface area contributed by atoms with Gasteiger partial charge in [0.05, 0.1) is 6.33 Å². The fraction of sp³-hybridized carbons (Fsp3) is 0.136. The molecule has 0 saturated carbocycles.